The molecule has 1 fully saturated rings. The molecule has 10 heteroatoms. The Balaban J connectivity index is 1.49. The summed E-state index contributed by atoms with van der Waals surface area (Å²) in [5.74, 6) is 0.0936. The van der Waals surface area contributed by atoms with Crippen LogP contribution in [0.15, 0.2) is 30.5 Å². The lowest BCUT2D eigenvalue weighted by molar-refractivity contribution is -0.123. The van der Waals surface area contributed by atoms with Crippen molar-refractivity contribution in [2.45, 2.75) is 57.7 Å². The van der Waals surface area contributed by atoms with Gasteiger partial charge in [-0.1, -0.05) is 42.3 Å². The summed E-state index contributed by atoms with van der Waals surface area (Å²) < 4.78 is 1.71. The smallest absolute Gasteiger partial charge is 0.234 e. The van der Waals surface area contributed by atoms with E-state index in [4.69, 9.17) is 33.9 Å². The van der Waals surface area contributed by atoms with Crippen LogP contribution in [-0.2, 0) is 4.79 Å². The average molecular weight is 524 g/mol. The fourth-order valence-electron chi connectivity index (χ4n) is 5.61. The minimum Gasteiger partial charge on any atom is -0.368 e. The van der Waals surface area contributed by atoms with E-state index in [0.717, 1.165) is 49.1 Å². The lowest BCUT2D eigenvalue weighted by atomic mass is 9.83. The summed E-state index contributed by atoms with van der Waals surface area (Å²) in [6.07, 6.45) is 7.37. The number of benzene rings is 1. The Labute approximate surface area is 219 Å². The normalized spacial score (nSPS) is 23.4. The van der Waals surface area contributed by atoms with E-state index >= 15 is 0 Å². The van der Waals surface area contributed by atoms with E-state index in [-0.39, 0.29) is 29.7 Å². The number of nitrogens with zero attached hydrogens (tertiary/aromatic N) is 6. The molecule has 1 aromatic carbocycles. The Hall–Kier alpha value is -2.99. The fourth-order valence-corrected chi connectivity index (χ4v) is 6.17. The molecule has 0 saturated carbocycles. The van der Waals surface area contributed by atoms with Crippen LogP contribution >= 0.6 is 23.2 Å². The Kier molecular flexibility index (Phi) is 6.73. The third-order valence-corrected chi connectivity index (χ3v) is 8.03. The maximum absolute atomic E-state index is 11.9. The highest BCUT2D eigenvalue weighted by Gasteiger charge is 2.37. The molecule has 0 radical (unpaired) electrons. The average Bonchev–Trinajstić information content (AvgIpc) is 3.48. The van der Waals surface area contributed by atoms with E-state index in [2.05, 4.69) is 34.1 Å². The number of nitrogens with two attached hydrogens (primary N) is 1. The summed E-state index contributed by atoms with van der Waals surface area (Å²) in [5, 5.41) is 15.2. The van der Waals surface area contributed by atoms with Crippen LogP contribution in [0.25, 0.3) is 16.7 Å². The van der Waals surface area contributed by atoms with Crippen molar-refractivity contribution >= 4 is 45.8 Å². The van der Waals surface area contributed by atoms with Gasteiger partial charge in [-0.2, -0.15) is 10.4 Å². The van der Waals surface area contributed by atoms with Gasteiger partial charge >= 0.3 is 0 Å². The SMILES string of the molecule is CC(c1ccc(Cl)cc1Cl)n1nc(C#N)c2ncc(C3=CCC(N4CCCC4C(N)=O)[C@@H](C)C3)nc21. The quantitative estimate of drug-likeness (QED) is 0.516. The Bertz CT molecular complexity index is 1410. The van der Waals surface area contributed by atoms with Gasteiger partial charge in [-0.05, 0) is 68.3 Å². The molecule has 2 N–H and O–H groups in total. The lowest BCUT2D eigenvalue weighted by Crippen LogP contribution is -2.48. The standard InChI is InChI=1S/C26H27Cl2N7O/c1-14-10-16(5-8-22(14)34-9-3-4-23(34)25(30)36)21-13-31-24-20(12-29)33-35(26(24)32-21)15(2)18-7-6-17(27)11-19(18)28/h5-7,11,13-15,22-23H,3-4,8-10H2,1-2H3,(H2,30,36)/t14-,15?,22?,23?/m0/s1. The predicted molar refractivity (Wildman–Crippen MR) is 139 cm³/mol. The molecule has 3 heterocycles. The Morgan fingerprint density at radius 2 is 2.14 bits per heavy atom. The second kappa shape index (κ2) is 9.81. The third-order valence-electron chi connectivity index (χ3n) is 7.47. The molecule has 0 spiro atoms. The number of primary amides is 1. The third kappa shape index (κ3) is 4.36. The van der Waals surface area contributed by atoms with Crippen molar-refractivity contribution in [2.24, 2.45) is 11.7 Å². The molecular formula is C26H27Cl2N7O. The second-order valence-corrected chi connectivity index (χ2v) is 10.5. The van der Waals surface area contributed by atoms with Gasteiger partial charge in [-0.25, -0.2) is 14.6 Å². The second-order valence-electron chi connectivity index (χ2n) is 9.69. The summed E-state index contributed by atoms with van der Waals surface area (Å²) in [5.41, 5.74) is 9.57. The highest BCUT2D eigenvalue weighted by Crippen LogP contribution is 2.37. The minimum atomic E-state index is -0.284. The number of hydrogen-bond acceptors (Lipinski definition) is 6. The van der Waals surface area contributed by atoms with Crippen LogP contribution in [0.5, 0.6) is 0 Å². The summed E-state index contributed by atoms with van der Waals surface area (Å²) in [7, 11) is 0. The van der Waals surface area contributed by atoms with Crippen molar-refractivity contribution in [1.29, 1.82) is 5.26 Å². The molecule has 4 atom stereocenters. The summed E-state index contributed by atoms with van der Waals surface area (Å²) in [6.45, 7) is 5.07. The molecule has 1 amide bonds. The maximum atomic E-state index is 11.9. The first kappa shape index (κ1) is 24.7. The van der Waals surface area contributed by atoms with Gasteiger partial charge in [-0.3, -0.25) is 9.69 Å². The highest BCUT2D eigenvalue weighted by molar-refractivity contribution is 6.35. The van der Waals surface area contributed by atoms with Crippen molar-refractivity contribution in [3.63, 3.8) is 0 Å². The first-order valence-electron chi connectivity index (χ1n) is 12.1. The number of rotatable bonds is 5. The first-order valence-corrected chi connectivity index (χ1v) is 12.9. The number of hydrogen-bond donors (Lipinski definition) is 1. The number of carbonyl (C=O) groups is 1. The van der Waals surface area contributed by atoms with E-state index in [1.165, 1.54) is 0 Å². The maximum Gasteiger partial charge on any atom is 0.234 e. The van der Waals surface area contributed by atoms with Gasteiger partial charge < -0.3 is 5.73 Å². The van der Waals surface area contributed by atoms with Crippen LogP contribution in [0.4, 0.5) is 0 Å². The van der Waals surface area contributed by atoms with Gasteiger partial charge in [0.2, 0.25) is 5.91 Å². The van der Waals surface area contributed by atoms with E-state index in [0.29, 0.717) is 27.1 Å². The largest absolute Gasteiger partial charge is 0.368 e. The molecule has 186 valence electrons. The molecule has 3 aromatic rings. The van der Waals surface area contributed by atoms with E-state index in [1.807, 2.05) is 13.0 Å². The molecule has 8 nitrogen and oxygen atoms in total. The number of fused-ring (bicyclic) bond motifs is 1. The molecule has 3 unspecified atom stereocenters. The number of nitriles is 1. The molecule has 2 aliphatic rings. The van der Waals surface area contributed by atoms with E-state index < -0.39 is 0 Å². The molecule has 0 bridgehead atoms. The number of amides is 1. The number of halogens is 2. The molecular weight excluding hydrogens is 497 g/mol. The van der Waals surface area contributed by atoms with Gasteiger partial charge in [0.05, 0.1) is 24.0 Å². The van der Waals surface area contributed by atoms with Crippen LogP contribution < -0.4 is 5.73 Å². The van der Waals surface area contributed by atoms with Crippen molar-refractivity contribution in [1.82, 2.24) is 24.6 Å². The predicted octanol–water partition coefficient (Wildman–Crippen LogP) is 4.75. The molecule has 5 rings (SSSR count). The van der Waals surface area contributed by atoms with Gasteiger partial charge in [0.1, 0.15) is 11.6 Å². The Morgan fingerprint density at radius 1 is 1.33 bits per heavy atom. The molecule has 2 aromatic heterocycles. The zero-order valence-electron chi connectivity index (χ0n) is 20.2. The topological polar surface area (TPSA) is 114 Å². The number of carbonyl (C=O) groups excluding carboxylic acids is 1. The monoisotopic (exact) mass is 523 g/mol. The van der Waals surface area contributed by atoms with Crippen molar-refractivity contribution in [3.8, 4) is 6.07 Å². The molecule has 36 heavy (non-hydrogen) atoms. The number of aromatic nitrogens is 4. The Morgan fingerprint density at radius 3 is 2.83 bits per heavy atom. The fraction of sp³-hybridized carbons (Fsp3) is 0.423. The first-order chi connectivity index (χ1) is 17.3. The lowest BCUT2D eigenvalue weighted by Gasteiger charge is -2.38. The number of allylic oxidation sites excluding steroid dienone is 1. The number of likely N-dealkylation sites (tertiary alicyclic amines) is 1. The summed E-state index contributed by atoms with van der Waals surface area (Å²) in [4.78, 5) is 23.7. The van der Waals surface area contributed by atoms with Crippen LogP contribution in [0.3, 0.4) is 0 Å². The van der Waals surface area contributed by atoms with Crippen molar-refractivity contribution in [2.75, 3.05) is 6.54 Å². The highest BCUT2D eigenvalue weighted by atomic mass is 35.5. The van der Waals surface area contributed by atoms with Crippen molar-refractivity contribution < 1.29 is 4.79 Å². The zero-order chi connectivity index (χ0) is 25.6. The molecule has 1 saturated heterocycles. The zero-order valence-corrected chi connectivity index (χ0v) is 21.7. The van der Waals surface area contributed by atoms with Crippen LogP contribution in [0.1, 0.15) is 62.5 Å². The summed E-state index contributed by atoms with van der Waals surface area (Å²) in [6, 6.07) is 7.27. The van der Waals surface area contributed by atoms with Gasteiger partial charge in [0.25, 0.3) is 0 Å². The van der Waals surface area contributed by atoms with E-state index in [1.54, 1.807) is 23.0 Å². The minimum absolute atomic E-state index is 0.177. The molecule has 1 aliphatic heterocycles. The summed E-state index contributed by atoms with van der Waals surface area (Å²) >= 11 is 12.5. The van der Waals surface area contributed by atoms with E-state index in [9.17, 15) is 10.1 Å². The van der Waals surface area contributed by atoms with Crippen LogP contribution in [0.2, 0.25) is 10.0 Å². The van der Waals surface area contributed by atoms with Crippen LogP contribution in [-0.4, -0.2) is 49.2 Å². The van der Waals surface area contributed by atoms with Crippen molar-refractivity contribution in [3.05, 3.63) is 57.5 Å². The van der Waals surface area contributed by atoms with Gasteiger partial charge in [0.15, 0.2) is 11.3 Å². The van der Waals surface area contributed by atoms with Gasteiger partial charge in [0, 0.05) is 16.1 Å². The molecule has 1 aliphatic carbocycles. The van der Waals surface area contributed by atoms with Crippen LogP contribution in [0, 0.1) is 17.2 Å². The van der Waals surface area contributed by atoms with Gasteiger partial charge in [-0.15, -0.1) is 0 Å².